The molecular weight excluding hydrogens is 401 g/mol. The number of rotatable bonds is 6. The van der Waals surface area contributed by atoms with E-state index in [4.69, 9.17) is 0 Å². The van der Waals surface area contributed by atoms with E-state index in [2.05, 4.69) is 15.7 Å². The van der Waals surface area contributed by atoms with Gasteiger partial charge in [0.15, 0.2) is 0 Å². The molecule has 0 spiro atoms. The Balaban J connectivity index is 1.65. The van der Waals surface area contributed by atoms with E-state index >= 15 is 0 Å². The summed E-state index contributed by atoms with van der Waals surface area (Å²) in [5.41, 5.74) is 0. The molecule has 1 saturated heterocycles. The monoisotopic (exact) mass is 420 g/mol. The number of sulfonamides is 1. The third-order valence-electron chi connectivity index (χ3n) is 4.28. The molecule has 3 rings (SSSR count). The molecule has 0 N–H and O–H groups in total. The third kappa shape index (κ3) is 5.22. The van der Waals surface area contributed by atoms with Gasteiger partial charge < -0.3 is 9.64 Å². The molecule has 0 bridgehead atoms. The quantitative estimate of drug-likeness (QED) is 0.720. The maximum atomic E-state index is 12.8. The number of piperazine rings is 1. The Morgan fingerprint density at radius 2 is 1.74 bits per heavy atom. The average molecular weight is 420 g/mol. The lowest BCUT2D eigenvalue weighted by Gasteiger charge is -2.34. The molecule has 2 heterocycles. The number of ether oxygens (including phenoxy) is 1. The van der Waals surface area contributed by atoms with Crippen LogP contribution in [-0.2, 0) is 16.4 Å². The van der Waals surface area contributed by atoms with Crippen LogP contribution in [0.2, 0.25) is 0 Å². The van der Waals surface area contributed by atoms with Crippen LogP contribution >= 0.6 is 11.3 Å². The van der Waals surface area contributed by atoms with Crippen LogP contribution in [0.25, 0.3) is 0 Å². The van der Waals surface area contributed by atoms with Crippen LogP contribution in [-0.4, -0.2) is 56.7 Å². The van der Waals surface area contributed by atoms with Crippen molar-refractivity contribution >= 4 is 21.4 Å². The number of halogens is 3. The molecule has 0 aliphatic carbocycles. The van der Waals surface area contributed by atoms with Gasteiger partial charge in [0.2, 0.25) is 10.0 Å². The predicted molar refractivity (Wildman–Crippen MR) is 96.3 cm³/mol. The zero-order valence-electron chi connectivity index (χ0n) is 14.4. The number of hydrogen-bond acceptors (Lipinski definition) is 5. The van der Waals surface area contributed by atoms with Crippen molar-refractivity contribution in [3.05, 3.63) is 46.7 Å². The number of alkyl halides is 3. The first-order chi connectivity index (χ1) is 12.8. The van der Waals surface area contributed by atoms with Gasteiger partial charge in [-0.1, -0.05) is 18.2 Å². The van der Waals surface area contributed by atoms with Gasteiger partial charge in [-0.3, -0.25) is 0 Å². The molecule has 1 aromatic heterocycles. The van der Waals surface area contributed by atoms with Crippen molar-refractivity contribution in [1.29, 1.82) is 0 Å². The SMILES string of the molecule is O=S(=O)(c1ccccc1OC(F)(F)F)N1CCN(CCc2cccs2)CC1. The van der Waals surface area contributed by atoms with Crippen LogP contribution in [0.5, 0.6) is 5.75 Å². The minimum absolute atomic E-state index is 0.229. The van der Waals surface area contributed by atoms with Crippen LogP contribution in [0.4, 0.5) is 13.2 Å². The summed E-state index contributed by atoms with van der Waals surface area (Å²) in [6.07, 6.45) is -4.06. The van der Waals surface area contributed by atoms with Crippen molar-refractivity contribution in [3.63, 3.8) is 0 Å². The standard InChI is InChI=1S/C17H19F3N2O3S2/c18-17(19,20)25-15-5-1-2-6-16(15)27(23,24)22-11-9-21(10-12-22)8-7-14-4-3-13-26-14/h1-6,13H,7-12H2. The highest BCUT2D eigenvalue weighted by Crippen LogP contribution is 2.31. The smallest absolute Gasteiger partial charge is 0.404 e. The Bertz CT molecular complexity index is 847. The molecule has 27 heavy (non-hydrogen) atoms. The molecule has 1 aliphatic rings. The lowest BCUT2D eigenvalue weighted by Crippen LogP contribution is -2.49. The topological polar surface area (TPSA) is 49.9 Å². The first-order valence-electron chi connectivity index (χ1n) is 8.35. The largest absolute Gasteiger partial charge is 0.573 e. The molecule has 1 aromatic carbocycles. The van der Waals surface area contributed by atoms with Crippen LogP contribution < -0.4 is 4.74 Å². The molecule has 1 aliphatic heterocycles. The Morgan fingerprint density at radius 1 is 1.04 bits per heavy atom. The van der Waals surface area contributed by atoms with Crippen molar-refractivity contribution in [2.24, 2.45) is 0 Å². The van der Waals surface area contributed by atoms with E-state index in [1.165, 1.54) is 21.3 Å². The summed E-state index contributed by atoms with van der Waals surface area (Å²) in [4.78, 5) is 2.96. The van der Waals surface area contributed by atoms with Crippen molar-refractivity contribution in [2.75, 3.05) is 32.7 Å². The lowest BCUT2D eigenvalue weighted by molar-refractivity contribution is -0.275. The van der Waals surface area contributed by atoms with Crippen molar-refractivity contribution in [1.82, 2.24) is 9.21 Å². The van der Waals surface area contributed by atoms with Crippen LogP contribution in [0.15, 0.2) is 46.7 Å². The zero-order chi connectivity index (χ0) is 19.5. The zero-order valence-corrected chi connectivity index (χ0v) is 16.0. The Labute approximate surface area is 160 Å². The first-order valence-corrected chi connectivity index (χ1v) is 10.7. The molecule has 148 valence electrons. The van der Waals surface area contributed by atoms with E-state index in [9.17, 15) is 21.6 Å². The fourth-order valence-corrected chi connectivity index (χ4v) is 5.16. The van der Waals surface area contributed by atoms with Gasteiger partial charge >= 0.3 is 6.36 Å². The Morgan fingerprint density at radius 3 is 2.37 bits per heavy atom. The van der Waals surface area contributed by atoms with Gasteiger partial charge in [0.25, 0.3) is 0 Å². The highest BCUT2D eigenvalue weighted by molar-refractivity contribution is 7.89. The fourth-order valence-electron chi connectivity index (χ4n) is 2.93. The molecule has 10 heteroatoms. The molecule has 5 nitrogen and oxygen atoms in total. The van der Waals surface area contributed by atoms with E-state index in [1.54, 1.807) is 11.3 Å². The van der Waals surface area contributed by atoms with Crippen LogP contribution in [0.3, 0.4) is 0 Å². The molecule has 0 radical (unpaired) electrons. The maximum Gasteiger partial charge on any atom is 0.573 e. The number of hydrogen-bond donors (Lipinski definition) is 0. The molecule has 2 aromatic rings. The van der Waals surface area contributed by atoms with Gasteiger partial charge in [-0.05, 0) is 30.0 Å². The number of para-hydroxylation sites is 1. The summed E-state index contributed by atoms with van der Waals surface area (Å²) in [6, 6.07) is 8.89. The summed E-state index contributed by atoms with van der Waals surface area (Å²) < 4.78 is 68.4. The highest BCUT2D eigenvalue weighted by atomic mass is 32.2. The van der Waals surface area contributed by atoms with Crippen LogP contribution in [0.1, 0.15) is 4.88 Å². The second kappa shape index (κ2) is 8.17. The fraction of sp³-hybridized carbons (Fsp3) is 0.412. The van der Waals surface area contributed by atoms with E-state index in [1.807, 2.05) is 11.4 Å². The van der Waals surface area contributed by atoms with E-state index in [0.717, 1.165) is 25.1 Å². The minimum Gasteiger partial charge on any atom is -0.404 e. The normalized spacial score (nSPS) is 17.1. The second-order valence-electron chi connectivity index (χ2n) is 6.07. The van der Waals surface area contributed by atoms with Gasteiger partial charge in [-0.2, -0.15) is 4.31 Å². The van der Waals surface area contributed by atoms with Crippen LogP contribution in [0, 0.1) is 0 Å². The summed E-state index contributed by atoms with van der Waals surface area (Å²) in [5, 5.41) is 2.01. The van der Waals surface area contributed by atoms with Gasteiger partial charge in [-0.15, -0.1) is 24.5 Å². The summed E-state index contributed by atoms with van der Waals surface area (Å²) >= 11 is 1.68. The van der Waals surface area contributed by atoms with Gasteiger partial charge in [-0.25, -0.2) is 8.42 Å². The van der Waals surface area contributed by atoms with Gasteiger partial charge in [0.1, 0.15) is 10.6 Å². The second-order valence-corrected chi connectivity index (χ2v) is 9.01. The van der Waals surface area contributed by atoms with E-state index in [0.29, 0.717) is 13.1 Å². The number of benzene rings is 1. The van der Waals surface area contributed by atoms with E-state index in [-0.39, 0.29) is 13.1 Å². The lowest BCUT2D eigenvalue weighted by atomic mass is 10.3. The molecule has 1 fully saturated rings. The predicted octanol–water partition coefficient (Wildman–Crippen LogP) is 3.20. The number of thiophene rings is 1. The maximum absolute atomic E-state index is 12.8. The Hall–Kier alpha value is -1.62. The average Bonchev–Trinajstić information content (AvgIpc) is 3.13. The number of nitrogens with zero attached hydrogens (tertiary/aromatic N) is 2. The molecule has 0 unspecified atom stereocenters. The summed E-state index contributed by atoms with van der Waals surface area (Å²) in [7, 11) is -4.06. The molecule has 0 amide bonds. The summed E-state index contributed by atoms with van der Waals surface area (Å²) in [5.74, 6) is -0.704. The molecule has 0 atom stereocenters. The first kappa shape index (κ1) is 20.1. The van der Waals surface area contributed by atoms with E-state index < -0.39 is 27.0 Å². The van der Waals surface area contributed by atoms with Gasteiger partial charge in [0.05, 0.1) is 0 Å². The summed E-state index contributed by atoms with van der Waals surface area (Å²) in [6.45, 7) is 2.35. The molecular formula is C17H19F3N2O3S2. The third-order valence-corrected chi connectivity index (χ3v) is 7.15. The molecule has 0 saturated carbocycles. The van der Waals surface area contributed by atoms with Gasteiger partial charge in [0, 0.05) is 37.6 Å². The van der Waals surface area contributed by atoms with Crippen molar-refractivity contribution < 1.29 is 26.3 Å². The Kier molecular flexibility index (Phi) is 6.09. The van der Waals surface area contributed by atoms with Crippen molar-refractivity contribution in [3.8, 4) is 5.75 Å². The highest BCUT2D eigenvalue weighted by Gasteiger charge is 2.36. The minimum atomic E-state index is -4.95. The van der Waals surface area contributed by atoms with Crippen molar-refractivity contribution in [2.45, 2.75) is 17.7 Å².